The Balaban J connectivity index is 1.59. The van der Waals surface area contributed by atoms with Gasteiger partial charge in [-0.15, -0.1) is 10.2 Å². The highest BCUT2D eigenvalue weighted by molar-refractivity contribution is 6.04. The molecule has 0 saturated carbocycles. The predicted molar refractivity (Wildman–Crippen MR) is 90.5 cm³/mol. The van der Waals surface area contributed by atoms with Crippen molar-refractivity contribution in [2.24, 2.45) is 5.10 Å². The Labute approximate surface area is 139 Å². The van der Waals surface area contributed by atoms with E-state index in [0.29, 0.717) is 11.2 Å². The highest BCUT2D eigenvalue weighted by Gasteiger charge is 2.11. The Hall–Kier alpha value is -3.82. The Kier molecular flexibility index (Phi) is 3.35. The van der Waals surface area contributed by atoms with Crippen molar-refractivity contribution in [3.8, 4) is 0 Å². The van der Waals surface area contributed by atoms with Gasteiger partial charge in [-0.05, 0) is 18.6 Å². The van der Waals surface area contributed by atoms with Gasteiger partial charge >= 0.3 is 5.88 Å². The van der Waals surface area contributed by atoms with Gasteiger partial charge in [0.2, 0.25) is 0 Å². The van der Waals surface area contributed by atoms with Crippen molar-refractivity contribution in [1.82, 2.24) is 20.2 Å². The van der Waals surface area contributed by atoms with Crippen LogP contribution in [-0.4, -0.2) is 31.3 Å². The first kappa shape index (κ1) is 14.8. The Morgan fingerprint density at radius 3 is 3.00 bits per heavy atom. The summed E-state index contributed by atoms with van der Waals surface area (Å²) < 4.78 is 4.96. The van der Waals surface area contributed by atoms with Gasteiger partial charge in [0.25, 0.3) is 5.95 Å². The maximum atomic E-state index is 10.6. The molecular weight excluding hydrogens is 326 g/mol. The van der Waals surface area contributed by atoms with Gasteiger partial charge in [0, 0.05) is 5.39 Å². The van der Waals surface area contributed by atoms with Crippen molar-refractivity contribution < 1.29 is 9.34 Å². The summed E-state index contributed by atoms with van der Waals surface area (Å²) in [7, 11) is 0. The number of para-hydroxylation sites is 1. The van der Waals surface area contributed by atoms with Gasteiger partial charge in [-0.2, -0.15) is 10.1 Å². The van der Waals surface area contributed by atoms with Crippen molar-refractivity contribution in [1.29, 1.82) is 0 Å². The minimum absolute atomic E-state index is 0.189. The summed E-state index contributed by atoms with van der Waals surface area (Å²) in [6.07, 6.45) is 1.29. The molecule has 4 aromatic rings. The zero-order valence-electron chi connectivity index (χ0n) is 12.9. The number of H-pyrrole nitrogens is 1. The summed E-state index contributed by atoms with van der Waals surface area (Å²) in [5.41, 5.74) is 5.93. The number of hydrogen-bond donors (Lipinski definition) is 2. The average Bonchev–Trinajstić information content (AvgIpc) is 3.20. The maximum Gasteiger partial charge on any atom is 0.433 e. The highest BCUT2D eigenvalue weighted by Crippen LogP contribution is 2.24. The molecule has 10 heteroatoms. The van der Waals surface area contributed by atoms with Crippen LogP contribution < -0.4 is 5.43 Å². The fourth-order valence-electron chi connectivity index (χ4n) is 2.45. The molecule has 3 aromatic heterocycles. The van der Waals surface area contributed by atoms with Crippen LogP contribution in [0.25, 0.3) is 22.1 Å². The predicted octanol–water partition coefficient (Wildman–Crippen LogP) is 2.76. The first-order chi connectivity index (χ1) is 12.1. The fourth-order valence-corrected chi connectivity index (χ4v) is 2.45. The van der Waals surface area contributed by atoms with Gasteiger partial charge in [-0.25, -0.2) is 5.43 Å². The first-order valence-corrected chi connectivity index (χ1v) is 7.27. The lowest BCUT2D eigenvalue weighted by Crippen LogP contribution is -1.98. The number of hydrazone groups is 1. The highest BCUT2D eigenvalue weighted by atomic mass is 16.6. The monoisotopic (exact) mass is 337 g/mol. The Morgan fingerprint density at radius 1 is 1.32 bits per heavy atom. The van der Waals surface area contributed by atoms with E-state index < -0.39 is 4.92 Å². The standard InChI is InChI=1S/C15H11N7O3/c1-8-3-2-4-10-12(8)17-14-13(10)19-21-15(18-14)20-16-7-9-5-6-11(25-9)22(23)24/h2-7H,1H3,(H2,17,18,20,21)/b16-7+. The number of nitro groups is 1. The fraction of sp³-hybridized carbons (Fsp3) is 0.0667. The van der Waals surface area contributed by atoms with Gasteiger partial charge in [0.1, 0.15) is 10.4 Å². The average molecular weight is 337 g/mol. The molecule has 25 heavy (non-hydrogen) atoms. The topological polar surface area (TPSA) is 135 Å². The lowest BCUT2D eigenvalue weighted by molar-refractivity contribution is -0.402. The molecule has 0 amide bonds. The number of aryl methyl sites for hydroxylation is 1. The van der Waals surface area contributed by atoms with Gasteiger partial charge < -0.3 is 9.40 Å². The summed E-state index contributed by atoms with van der Waals surface area (Å²) in [5.74, 6) is 0.0673. The van der Waals surface area contributed by atoms with Crippen LogP contribution in [0.2, 0.25) is 0 Å². The number of nitrogens with one attached hydrogen (secondary N) is 2. The number of furan rings is 1. The number of hydrogen-bond acceptors (Lipinski definition) is 8. The number of fused-ring (bicyclic) bond motifs is 3. The van der Waals surface area contributed by atoms with E-state index in [2.05, 4.69) is 30.7 Å². The van der Waals surface area contributed by atoms with Crippen LogP contribution >= 0.6 is 0 Å². The summed E-state index contributed by atoms with van der Waals surface area (Å²) in [4.78, 5) is 17.5. The van der Waals surface area contributed by atoms with E-state index in [-0.39, 0.29) is 17.6 Å². The number of anilines is 1. The van der Waals surface area contributed by atoms with E-state index >= 15 is 0 Å². The molecule has 2 N–H and O–H groups in total. The van der Waals surface area contributed by atoms with Gasteiger partial charge in [0.05, 0.1) is 17.8 Å². The van der Waals surface area contributed by atoms with E-state index in [1.54, 1.807) is 0 Å². The molecule has 0 saturated heterocycles. The molecule has 0 aliphatic heterocycles. The third-order valence-corrected chi connectivity index (χ3v) is 3.61. The van der Waals surface area contributed by atoms with E-state index in [1.807, 2.05) is 25.1 Å². The molecule has 10 nitrogen and oxygen atoms in total. The third-order valence-electron chi connectivity index (χ3n) is 3.61. The van der Waals surface area contributed by atoms with Crippen molar-refractivity contribution in [2.75, 3.05) is 5.43 Å². The Morgan fingerprint density at radius 2 is 2.20 bits per heavy atom. The number of aromatic nitrogens is 4. The molecular formula is C15H11N7O3. The van der Waals surface area contributed by atoms with Crippen LogP contribution in [0.3, 0.4) is 0 Å². The molecule has 0 bridgehead atoms. The Bertz CT molecular complexity index is 1130. The van der Waals surface area contributed by atoms with Crippen LogP contribution in [0, 0.1) is 17.0 Å². The number of nitrogens with zero attached hydrogens (tertiary/aromatic N) is 5. The van der Waals surface area contributed by atoms with Crippen molar-refractivity contribution >= 4 is 40.1 Å². The molecule has 4 rings (SSSR count). The van der Waals surface area contributed by atoms with Crippen molar-refractivity contribution in [2.45, 2.75) is 6.92 Å². The SMILES string of the molecule is Cc1cccc2c1[nH]c1nc(N/N=C/c3ccc([N+](=O)[O-])o3)nnc12. The second-order valence-corrected chi connectivity index (χ2v) is 5.26. The summed E-state index contributed by atoms with van der Waals surface area (Å²) >= 11 is 0. The van der Waals surface area contributed by atoms with E-state index in [0.717, 1.165) is 16.5 Å². The molecule has 0 aliphatic carbocycles. The van der Waals surface area contributed by atoms with E-state index in [1.165, 1.54) is 18.3 Å². The number of rotatable bonds is 4. The molecule has 0 radical (unpaired) electrons. The maximum absolute atomic E-state index is 10.6. The summed E-state index contributed by atoms with van der Waals surface area (Å²) in [6, 6.07) is 8.58. The van der Waals surface area contributed by atoms with E-state index in [4.69, 9.17) is 4.42 Å². The van der Waals surface area contributed by atoms with Crippen molar-refractivity contribution in [3.05, 3.63) is 51.8 Å². The molecule has 0 atom stereocenters. The van der Waals surface area contributed by atoms with Crippen LogP contribution in [0.1, 0.15) is 11.3 Å². The molecule has 3 heterocycles. The lowest BCUT2D eigenvalue weighted by Gasteiger charge is -1.96. The normalized spacial score (nSPS) is 11.6. The van der Waals surface area contributed by atoms with Crippen LogP contribution in [0.5, 0.6) is 0 Å². The smallest absolute Gasteiger partial charge is 0.400 e. The van der Waals surface area contributed by atoms with Crippen LogP contribution in [-0.2, 0) is 0 Å². The molecule has 124 valence electrons. The lowest BCUT2D eigenvalue weighted by atomic mass is 10.1. The zero-order valence-corrected chi connectivity index (χ0v) is 12.9. The number of aromatic amines is 1. The van der Waals surface area contributed by atoms with E-state index in [9.17, 15) is 10.1 Å². The quantitative estimate of drug-likeness (QED) is 0.332. The molecule has 0 spiro atoms. The summed E-state index contributed by atoms with van der Waals surface area (Å²) in [6.45, 7) is 2.00. The molecule has 0 unspecified atom stereocenters. The largest absolute Gasteiger partial charge is 0.433 e. The number of benzene rings is 1. The van der Waals surface area contributed by atoms with Gasteiger partial charge in [-0.1, -0.05) is 18.2 Å². The third kappa shape index (κ3) is 2.65. The summed E-state index contributed by atoms with van der Waals surface area (Å²) in [5, 5.41) is 23.5. The molecule has 1 aromatic carbocycles. The van der Waals surface area contributed by atoms with Crippen LogP contribution in [0.15, 0.2) is 39.9 Å². The second-order valence-electron chi connectivity index (χ2n) is 5.26. The minimum atomic E-state index is -0.621. The minimum Gasteiger partial charge on any atom is -0.400 e. The van der Waals surface area contributed by atoms with Crippen LogP contribution in [0.4, 0.5) is 11.8 Å². The first-order valence-electron chi connectivity index (χ1n) is 7.27. The van der Waals surface area contributed by atoms with Crippen molar-refractivity contribution in [3.63, 3.8) is 0 Å². The van der Waals surface area contributed by atoms with Gasteiger partial charge in [0.15, 0.2) is 11.4 Å². The molecule has 0 fully saturated rings. The molecule has 0 aliphatic rings. The second kappa shape index (κ2) is 5.67. The van der Waals surface area contributed by atoms with Gasteiger partial charge in [-0.3, -0.25) is 10.1 Å². The zero-order chi connectivity index (χ0) is 17.4.